The van der Waals surface area contributed by atoms with E-state index in [2.05, 4.69) is 24.6 Å². The van der Waals surface area contributed by atoms with Gasteiger partial charge in [-0.15, -0.1) is 0 Å². The van der Waals surface area contributed by atoms with E-state index in [1.807, 2.05) is 0 Å². The summed E-state index contributed by atoms with van der Waals surface area (Å²) in [5, 5.41) is 3.35. The molecule has 4 nitrogen and oxygen atoms in total. The van der Waals surface area contributed by atoms with Crippen LogP contribution in [-0.4, -0.2) is 25.6 Å². The van der Waals surface area contributed by atoms with Crippen LogP contribution in [0.5, 0.6) is 0 Å². The molecular formula is C12H24N2O2. The fourth-order valence-electron chi connectivity index (χ4n) is 1.85. The van der Waals surface area contributed by atoms with Gasteiger partial charge in [-0.05, 0) is 44.2 Å². The zero-order valence-corrected chi connectivity index (χ0v) is 10.4. The highest BCUT2D eigenvalue weighted by Crippen LogP contribution is 2.15. The van der Waals surface area contributed by atoms with Gasteiger partial charge in [-0.3, -0.25) is 9.63 Å². The van der Waals surface area contributed by atoms with E-state index in [1.165, 1.54) is 12.8 Å². The monoisotopic (exact) mass is 228 g/mol. The Hall–Kier alpha value is -0.610. The molecule has 0 aromatic heterocycles. The third-order valence-electron chi connectivity index (χ3n) is 2.78. The normalized spacial score (nSPS) is 21.1. The third kappa shape index (κ3) is 6.08. The first-order valence-corrected chi connectivity index (χ1v) is 6.30. The van der Waals surface area contributed by atoms with Crippen molar-refractivity contribution < 1.29 is 9.63 Å². The number of nitrogens with one attached hydrogen (secondary N) is 2. The highest BCUT2D eigenvalue weighted by atomic mass is 16.6. The van der Waals surface area contributed by atoms with Gasteiger partial charge in [0, 0.05) is 6.42 Å². The largest absolute Gasteiger partial charge is 0.316 e. The van der Waals surface area contributed by atoms with Gasteiger partial charge in [-0.1, -0.05) is 13.8 Å². The lowest BCUT2D eigenvalue weighted by atomic mass is 9.95. The van der Waals surface area contributed by atoms with Crippen LogP contribution in [0.25, 0.3) is 0 Å². The second kappa shape index (κ2) is 7.63. The lowest BCUT2D eigenvalue weighted by molar-refractivity contribution is -0.134. The van der Waals surface area contributed by atoms with E-state index >= 15 is 0 Å². The molecule has 1 heterocycles. The Balaban J connectivity index is 2.00. The molecule has 0 aromatic rings. The van der Waals surface area contributed by atoms with Crippen LogP contribution in [-0.2, 0) is 9.63 Å². The Morgan fingerprint density at radius 1 is 1.56 bits per heavy atom. The van der Waals surface area contributed by atoms with Crippen LogP contribution < -0.4 is 10.8 Å². The van der Waals surface area contributed by atoms with Crippen LogP contribution in [0.2, 0.25) is 0 Å². The Kier molecular flexibility index (Phi) is 6.42. The number of piperidine rings is 1. The summed E-state index contributed by atoms with van der Waals surface area (Å²) in [6.07, 6.45) is 4.01. The maximum atomic E-state index is 11.4. The number of hydroxylamine groups is 1. The number of carbonyl (C=O) groups excluding carboxylic acids is 1. The standard InChI is InChI=1S/C12H24N2O2/c1-10(2)9-16-14-12(15)6-5-11-4-3-7-13-8-11/h10-11,13H,3-9H2,1-2H3,(H,14,15). The second-order valence-electron chi connectivity index (χ2n) is 4.98. The van der Waals surface area contributed by atoms with Crippen LogP contribution in [0.15, 0.2) is 0 Å². The van der Waals surface area contributed by atoms with E-state index in [0.717, 1.165) is 19.5 Å². The fourth-order valence-corrected chi connectivity index (χ4v) is 1.85. The van der Waals surface area contributed by atoms with E-state index in [9.17, 15) is 4.79 Å². The quantitative estimate of drug-likeness (QED) is 0.677. The molecule has 1 amide bonds. The molecule has 0 radical (unpaired) electrons. The molecule has 0 aliphatic carbocycles. The molecule has 0 saturated carbocycles. The van der Waals surface area contributed by atoms with E-state index < -0.39 is 0 Å². The number of amides is 1. The molecule has 16 heavy (non-hydrogen) atoms. The first-order chi connectivity index (χ1) is 7.68. The predicted molar refractivity (Wildman–Crippen MR) is 63.8 cm³/mol. The summed E-state index contributed by atoms with van der Waals surface area (Å²) in [4.78, 5) is 16.5. The number of rotatable bonds is 6. The minimum Gasteiger partial charge on any atom is -0.316 e. The lowest BCUT2D eigenvalue weighted by Crippen LogP contribution is -2.31. The Labute approximate surface area is 98.1 Å². The van der Waals surface area contributed by atoms with E-state index in [0.29, 0.717) is 24.9 Å². The first-order valence-electron chi connectivity index (χ1n) is 6.30. The molecule has 0 bridgehead atoms. The van der Waals surface area contributed by atoms with Gasteiger partial charge in [-0.25, -0.2) is 5.48 Å². The first kappa shape index (κ1) is 13.5. The molecule has 94 valence electrons. The van der Waals surface area contributed by atoms with Crippen molar-refractivity contribution in [2.75, 3.05) is 19.7 Å². The van der Waals surface area contributed by atoms with Crippen molar-refractivity contribution in [1.29, 1.82) is 0 Å². The molecule has 1 saturated heterocycles. The summed E-state index contributed by atoms with van der Waals surface area (Å²) < 4.78 is 0. The molecule has 1 aliphatic heterocycles. The highest BCUT2D eigenvalue weighted by molar-refractivity contribution is 5.74. The van der Waals surface area contributed by atoms with E-state index in [-0.39, 0.29) is 5.91 Å². The van der Waals surface area contributed by atoms with E-state index in [1.54, 1.807) is 0 Å². The molecule has 1 unspecified atom stereocenters. The molecule has 1 rings (SSSR count). The number of carbonyl (C=O) groups is 1. The smallest absolute Gasteiger partial charge is 0.243 e. The van der Waals surface area contributed by atoms with Crippen LogP contribution in [0.1, 0.15) is 39.5 Å². The van der Waals surface area contributed by atoms with Crippen LogP contribution in [0, 0.1) is 11.8 Å². The summed E-state index contributed by atoms with van der Waals surface area (Å²) >= 11 is 0. The van der Waals surface area contributed by atoms with Gasteiger partial charge in [0.15, 0.2) is 0 Å². The molecule has 2 N–H and O–H groups in total. The zero-order chi connectivity index (χ0) is 11.8. The van der Waals surface area contributed by atoms with Gasteiger partial charge >= 0.3 is 0 Å². The van der Waals surface area contributed by atoms with Crippen molar-refractivity contribution in [3.63, 3.8) is 0 Å². The molecule has 0 aromatic carbocycles. The highest BCUT2D eigenvalue weighted by Gasteiger charge is 2.14. The summed E-state index contributed by atoms with van der Waals surface area (Å²) in [6.45, 7) is 6.87. The third-order valence-corrected chi connectivity index (χ3v) is 2.78. The SMILES string of the molecule is CC(C)CONC(=O)CCC1CCCNC1. The molecule has 4 heteroatoms. The minimum absolute atomic E-state index is 0.00576. The summed E-state index contributed by atoms with van der Waals surface area (Å²) in [5.74, 6) is 1.11. The predicted octanol–water partition coefficient (Wildman–Crippen LogP) is 1.47. The summed E-state index contributed by atoms with van der Waals surface area (Å²) in [5.41, 5.74) is 2.49. The lowest BCUT2D eigenvalue weighted by Gasteiger charge is -2.22. The average Bonchev–Trinajstić information content (AvgIpc) is 2.27. The molecular weight excluding hydrogens is 204 g/mol. The van der Waals surface area contributed by atoms with Gasteiger partial charge in [0.25, 0.3) is 0 Å². The Morgan fingerprint density at radius 2 is 2.38 bits per heavy atom. The maximum Gasteiger partial charge on any atom is 0.243 e. The van der Waals surface area contributed by atoms with Crippen LogP contribution in [0.4, 0.5) is 0 Å². The van der Waals surface area contributed by atoms with Gasteiger partial charge in [0.1, 0.15) is 0 Å². The summed E-state index contributed by atoms with van der Waals surface area (Å²) in [6, 6.07) is 0. The average molecular weight is 228 g/mol. The van der Waals surface area contributed by atoms with Crippen molar-refractivity contribution in [3.8, 4) is 0 Å². The fraction of sp³-hybridized carbons (Fsp3) is 0.917. The second-order valence-corrected chi connectivity index (χ2v) is 4.98. The van der Waals surface area contributed by atoms with Crippen LogP contribution in [0.3, 0.4) is 0 Å². The molecule has 1 fully saturated rings. The molecule has 1 atom stereocenters. The Bertz CT molecular complexity index is 201. The Morgan fingerprint density at radius 3 is 3.00 bits per heavy atom. The van der Waals surface area contributed by atoms with E-state index in [4.69, 9.17) is 4.84 Å². The maximum absolute atomic E-state index is 11.4. The van der Waals surface area contributed by atoms with Crippen molar-refractivity contribution in [1.82, 2.24) is 10.8 Å². The van der Waals surface area contributed by atoms with Gasteiger partial charge < -0.3 is 5.32 Å². The van der Waals surface area contributed by atoms with Crippen molar-refractivity contribution in [3.05, 3.63) is 0 Å². The molecule has 0 spiro atoms. The number of hydrogen-bond donors (Lipinski definition) is 2. The molecule has 1 aliphatic rings. The number of hydrogen-bond acceptors (Lipinski definition) is 3. The van der Waals surface area contributed by atoms with Crippen molar-refractivity contribution >= 4 is 5.91 Å². The topological polar surface area (TPSA) is 50.4 Å². The minimum atomic E-state index is 0.00576. The van der Waals surface area contributed by atoms with Crippen molar-refractivity contribution in [2.24, 2.45) is 11.8 Å². The van der Waals surface area contributed by atoms with Crippen LogP contribution >= 0.6 is 0 Å². The summed E-state index contributed by atoms with van der Waals surface area (Å²) in [7, 11) is 0. The van der Waals surface area contributed by atoms with Gasteiger partial charge in [-0.2, -0.15) is 0 Å². The van der Waals surface area contributed by atoms with Gasteiger partial charge in [0.05, 0.1) is 6.61 Å². The zero-order valence-electron chi connectivity index (χ0n) is 10.4. The van der Waals surface area contributed by atoms with Crippen molar-refractivity contribution in [2.45, 2.75) is 39.5 Å². The van der Waals surface area contributed by atoms with Gasteiger partial charge in [0.2, 0.25) is 5.91 Å².